The third-order valence-electron chi connectivity index (χ3n) is 4.61. The molecule has 2 amide bonds. The average Bonchev–Trinajstić information content (AvgIpc) is 3.13. The maximum atomic E-state index is 13.3. The van der Waals surface area contributed by atoms with Gasteiger partial charge in [0.1, 0.15) is 5.82 Å². The molecule has 3 aromatic heterocycles. The minimum absolute atomic E-state index is 0.0119. The highest BCUT2D eigenvalue weighted by atomic mass is 16.2. The largest absolute Gasteiger partial charge is 0.384 e. The number of aromatic nitrogens is 4. The molecule has 4 aromatic rings. The number of carbonyl (C=O) groups is 2. The Morgan fingerprint density at radius 2 is 1.97 bits per heavy atom. The van der Waals surface area contributed by atoms with E-state index in [0.29, 0.717) is 22.6 Å². The third-order valence-corrected chi connectivity index (χ3v) is 4.61. The number of rotatable bonds is 5. The van der Waals surface area contributed by atoms with Gasteiger partial charge in [0, 0.05) is 31.0 Å². The molecule has 0 aliphatic carbocycles. The van der Waals surface area contributed by atoms with Crippen LogP contribution < -0.4 is 16.4 Å². The van der Waals surface area contributed by atoms with E-state index in [0.717, 1.165) is 10.9 Å². The number of nitrogen functional groups attached to an aromatic ring is 1. The summed E-state index contributed by atoms with van der Waals surface area (Å²) in [5.74, 6) is -0.645. The van der Waals surface area contributed by atoms with Gasteiger partial charge >= 0.3 is 0 Å². The molecule has 1 aromatic carbocycles. The van der Waals surface area contributed by atoms with Gasteiger partial charge in [-0.15, -0.1) is 0 Å². The molecule has 0 fully saturated rings. The van der Waals surface area contributed by atoms with Crippen LogP contribution in [0, 0.1) is 0 Å². The molecule has 0 bridgehead atoms. The first kappa shape index (κ1) is 19.1. The van der Waals surface area contributed by atoms with E-state index >= 15 is 0 Å². The first-order chi connectivity index (χ1) is 14.4. The van der Waals surface area contributed by atoms with Crippen molar-refractivity contribution < 1.29 is 9.59 Å². The summed E-state index contributed by atoms with van der Waals surface area (Å²) in [5, 5.41) is 5.04. The molecule has 0 saturated heterocycles. The second-order valence-corrected chi connectivity index (χ2v) is 6.80. The number of nitrogens with two attached hydrogens (primary N) is 2. The fourth-order valence-electron chi connectivity index (χ4n) is 3.22. The fourth-order valence-corrected chi connectivity index (χ4v) is 3.22. The van der Waals surface area contributed by atoms with Crippen molar-refractivity contribution in [2.45, 2.75) is 6.54 Å². The molecule has 4 N–H and O–H groups in total. The summed E-state index contributed by atoms with van der Waals surface area (Å²) in [7, 11) is 1.66. The standard InChI is InChI=1S/C21H19N7O2/c1-27-12-17(19(26-27)20(23)29)28(21(30)15-3-2-8-24-10-15)11-13-4-5-14-6-7-18(22)25-16(14)9-13/h2-10,12H,11H2,1H3,(H2,22,25)(H2,23,29). The van der Waals surface area contributed by atoms with Crippen molar-refractivity contribution in [3.63, 3.8) is 0 Å². The molecule has 4 rings (SSSR count). The van der Waals surface area contributed by atoms with Gasteiger partial charge in [-0.1, -0.05) is 12.1 Å². The first-order valence-electron chi connectivity index (χ1n) is 9.13. The summed E-state index contributed by atoms with van der Waals surface area (Å²) < 4.78 is 1.45. The van der Waals surface area contributed by atoms with Crippen LogP contribution in [0.1, 0.15) is 26.4 Å². The number of fused-ring (bicyclic) bond motifs is 1. The predicted molar refractivity (Wildman–Crippen MR) is 113 cm³/mol. The number of hydrogen-bond donors (Lipinski definition) is 2. The molecule has 30 heavy (non-hydrogen) atoms. The van der Waals surface area contributed by atoms with Crippen LogP contribution in [0.25, 0.3) is 10.9 Å². The van der Waals surface area contributed by atoms with Crippen molar-refractivity contribution in [1.29, 1.82) is 0 Å². The quantitative estimate of drug-likeness (QED) is 0.525. The van der Waals surface area contributed by atoms with Crippen molar-refractivity contribution >= 4 is 34.2 Å². The highest BCUT2D eigenvalue weighted by Crippen LogP contribution is 2.25. The van der Waals surface area contributed by atoms with Crippen LogP contribution in [0.15, 0.2) is 61.1 Å². The van der Waals surface area contributed by atoms with E-state index in [1.807, 2.05) is 24.3 Å². The summed E-state index contributed by atoms with van der Waals surface area (Å²) in [6.45, 7) is 0.173. The van der Waals surface area contributed by atoms with E-state index in [2.05, 4.69) is 15.1 Å². The fraction of sp³-hybridized carbons (Fsp3) is 0.0952. The van der Waals surface area contributed by atoms with Crippen molar-refractivity contribution in [2.75, 3.05) is 10.6 Å². The lowest BCUT2D eigenvalue weighted by atomic mass is 10.1. The molecular weight excluding hydrogens is 382 g/mol. The maximum Gasteiger partial charge on any atom is 0.271 e. The predicted octanol–water partition coefficient (Wildman–Crippen LogP) is 1.89. The SMILES string of the molecule is Cn1cc(N(Cc2ccc3ccc(N)nc3c2)C(=O)c2cccnc2)c(C(N)=O)n1. The van der Waals surface area contributed by atoms with Crippen molar-refractivity contribution in [2.24, 2.45) is 12.8 Å². The van der Waals surface area contributed by atoms with Gasteiger partial charge in [-0.05, 0) is 35.9 Å². The lowest BCUT2D eigenvalue weighted by molar-refractivity contribution is 0.0984. The van der Waals surface area contributed by atoms with E-state index in [9.17, 15) is 9.59 Å². The van der Waals surface area contributed by atoms with Gasteiger partial charge < -0.3 is 16.4 Å². The van der Waals surface area contributed by atoms with Crippen LogP contribution in [0.5, 0.6) is 0 Å². The Morgan fingerprint density at radius 1 is 1.17 bits per heavy atom. The van der Waals surface area contributed by atoms with Crippen LogP contribution in [0.2, 0.25) is 0 Å². The number of benzene rings is 1. The molecule has 0 aliphatic rings. The van der Waals surface area contributed by atoms with Crippen LogP contribution in [0.4, 0.5) is 11.5 Å². The van der Waals surface area contributed by atoms with Gasteiger partial charge in [0.05, 0.1) is 23.3 Å². The molecule has 150 valence electrons. The van der Waals surface area contributed by atoms with Gasteiger partial charge in [-0.25, -0.2) is 4.98 Å². The molecule has 0 spiro atoms. The smallest absolute Gasteiger partial charge is 0.271 e. The zero-order valence-electron chi connectivity index (χ0n) is 16.2. The minimum atomic E-state index is -0.720. The highest BCUT2D eigenvalue weighted by Gasteiger charge is 2.25. The number of aryl methyl sites for hydroxylation is 1. The monoisotopic (exact) mass is 401 g/mol. The summed E-state index contributed by atoms with van der Waals surface area (Å²) in [6, 6.07) is 12.6. The zero-order valence-corrected chi connectivity index (χ0v) is 16.2. The lowest BCUT2D eigenvalue weighted by Crippen LogP contribution is -2.32. The Labute approximate surface area is 171 Å². The van der Waals surface area contributed by atoms with Gasteiger partial charge in [0.25, 0.3) is 11.8 Å². The molecule has 0 unspecified atom stereocenters. The number of pyridine rings is 2. The molecule has 0 aliphatic heterocycles. The number of hydrogen-bond acceptors (Lipinski definition) is 6. The third kappa shape index (κ3) is 3.68. The van der Waals surface area contributed by atoms with Gasteiger partial charge in [-0.3, -0.25) is 19.3 Å². The molecular formula is C21H19N7O2. The Hall–Kier alpha value is -4.27. The molecule has 0 saturated carbocycles. The summed E-state index contributed by atoms with van der Waals surface area (Å²) in [5.41, 5.74) is 13.5. The van der Waals surface area contributed by atoms with E-state index in [4.69, 9.17) is 11.5 Å². The van der Waals surface area contributed by atoms with Crippen LogP contribution in [0.3, 0.4) is 0 Å². The Balaban J connectivity index is 1.80. The number of primary amides is 1. The van der Waals surface area contributed by atoms with E-state index < -0.39 is 5.91 Å². The normalized spacial score (nSPS) is 10.8. The second kappa shape index (κ2) is 7.63. The number of anilines is 2. The van der Waals surface area contributed by atoms with E-state index in [-0.39, 0.29) is 18.1 Å². The Bertz CT molecular complexity index is 1250. The van der Waals surface area contributed by atoms with E-state index in [1.165, 1.54) is 15.8 Å². The van der Waals surface area contributed by atoms with Crippen LogP contribution in [-0.4, -0.2) is 31.6 Å². The summed E-state index contributed by atoms with van der Waals surface area (Å²) in [6.07, 6.45) is 4.64. The number of nitrogens with zero attached hydrogens (tertiary/aromatic N) is 5. The minimum Gasteiger partial charge on any atom is -0.384 e. The van der Waals surface area contributed by atoms with Crippen molar-refractivity contribution in [1.82, 2.24) is 19.7 Å². The van der Waals surface area contributed by atoms with Crippen LogP contribution >= 0.6 is 0 Å². The molecule has 9 heteroatoms. The van der Waals surface area contributed by atoms with Crippen molar-refractivity contribution in [3.05, 3.63) is 77.9 Å². The first-order valence-corrected chi connectivity index (χ1v) is 9.13. The van der Waals surface area contributed by atoms with Gasteiger partial charge in [0.2, 0.25) is 0 Å². The average molecular weight is 401 g/mol. The van der Waals surface area contributed by atoms with Gasteiger partial charge in [-0.2, -0.15) is 5.10 Å². The molecule has 0 atom stereocenters. The van der Waals surface area contributed by atoms with Crippen molar-refractivity contribution in [3.8, 4) is 0 Å². The number of amides is 2. The van der Waals surface area contributed by atoms with Gasteiger partial charge in [0.15, 0.2) is 5.69 Å². The molecule has 3 heterocycles. The molecule has 9 nitrogen and oxygen atoms in total. The molecule has 0 radical (unpaired) electrons. The summed E-state index contributed by atoms with van der Waals surface area (Å²) >= 11 is 0. The number of carbonyl (C=O) groups excluding carboxylic acids is 2. The lowest BCUT2D eigenvalue weighted by Gasteiger charge is -2.22. The topological polar surface area (TPSA) is 133 Å². The van der Waals surface area contributed by atoms with Crippen LogP contribution in [-0.2, 0) is 13.6 Å². The Kier molecular flexibility index (Phi) is 4.85. The Morgan fingerprint density at radius 3 is 2.70 bits per heavy atom. The van der Waals surface area contributed by atoms with E-state index in [1.54, 1.807) is 37.6 Å². The second-order valence-electron chi connectivity index (χ2n) is 6.80. The summed E-state index contributed by atoms with van der Waals surface area (Å²) in [4.78, 5) is 35.1. The highest BCUT2D eigenvalue weighted by molar-refractivity contribution is 6.09. The maximum absolute atomic E-state index is 13.3. The zero-order chi connectivity index (χ0) is 21.3.